The minimum absolute atomic E-state index is 0.286. The van der Waals surface area contributed by atoms with Gasteiger partial charge in [0, 0.05) is 7.05 Å². The highest BCUT2D eigenvalue weighted by Gasteiger charge is 2.53. The van der Waals surface area contributed by atoms with Crippen LogP contribution < -0.4 is 15.5 Å². The van der Waals surface area contributed by atoms with Crippen molar-refractivity contribution in [3.05, 3.63) is 5.69 Å². The number of rotatable bonds is 5. The fourth-order valence-corrected chi connectivity index (χ4v) is 2.91. The van der Waals surface area contributed by atoms with Gasteiger partial charge in [-0.3, -0.25) is 0 Å². The number of hydrogen-bond donors (Lipinski definition) is 1. The normalized spacial score (nSPS) is 20.3. The van der Waals surface area contributed by atoms with E-state index in [1.807, 2.05) is 76.3 Å². The van der Waals surface area contributed by atoms with Gasteiger partial charge in [-0.05, 0) is 69.2 Å². The molecular weight excluding hydrogens is 373 g/mol. The highest BCUT2D eigenvalue weighted by molar-refractivity contribution is 6.63. The monoisotopic (exact) mass is 409 g/mol. The van der Waals surface area contributed by atoms with E-state index in [0.29, 0.717) is 5.88 Å². The average Bonchev–Trinajstić information content (AvgIpc) is 2.88. The second-order valence-corrected chi connectivity index (χ2v) is 9.77. The lowest BCUT2D eigenvalue weighted by molar-refractivity contribution is 0.00578. The molecule has 1 aliphatic heterocycles. The van der Waals surface area contributed by atoms with Crippen molar-refractivity contribution in [2.24, 2.45) is 7.05 Å². The molecule has 1 saturated heterocycles. The Bertz CT molecular complexity index is 738. The molecule has 0 radical (unpaired) electrons. The van der Waals surface area contributed by atoms with Gasteiger partial charge in [-0.25, -0.2) is 9.48 Å². The lowest BCUT2D eigenvalue weighted by Crippen LogP contribution is -2.45. The molecule has 8 nitrogen and oxygen atoms in total. The first-order valence-corrected chi connectivity index (χ1v) is 10.1. The molecule has 1 unspecified atom stereocenters. The smallest absolute Gasteiger partial charge is 0.473 e. The number of nitrogens with one attached hydrogen (secondary N) is 1. The van der Waals surface area contributed by atoms with Gasteiger partial charge < -0.3 is 24.1 Å². The van der Waals surface area contributed by atoms with Crippen LogP contribution in [-0.2, 0) is 21.1 Å². The molecule has 9 heteroatoms. The molecule has 1 aromatic rings. The van der Waals surface area contributed by atoms with E-state index in [1.165, 1.54) is 0 Å². The van der Waals surface area contributed by atoms with Crippen LogP contribution in [0.25, 0.3) is 0 Å². The Hall–Kier alpha value is -1.74. The number of alkyl carbamates (subject to hydrolysis) is 1. The Labute approximate surface area is 174 Å². The molecule has 164 valence electrons. The van der Waals surface area contributed by atoms with Gasteiger partial charge in [0.1, 0.15) is 11.7 Å². The molecule has 2 atom stereocenters. The van der Waals surface area contributed by atoms with Crippen molar-refractivity contribution >= 4 is 18.7 Å². The number of nitrogens with zero attached hydrogens (tertiary/aromatic N) is 2. The number of aryl methyl sites for hydroxylation is 2. The van der Waals surface area contributed by atoms with Crippen LogP contribution in [-0.4, -0.2) is 51.9 Å². The molecule has 2 heterocycles. The Kier molecular flexibility index (Phi) is 6.36. The molecule has 29 heavy (non-hydrogen) atoms. The second-order valence-electron chi connectivity index (χ2n) is 9.77. The Balaban J connectivity index is 2.17. The molecule has 2 rings (SSSR count). The molecule has 1 N–H and O–H groups in total. The zero-order valence-electron chi connectivity index (χ0n) is 19.7. The van der Waals surface area contributed by atoms with Crippen LogP contribution in [0.1, 0.15) is 68.0 Å². The third kappa shape index (κ3) is 5.25. The van der Waals surface area contributed by atoms with Crippen LogP contribution in [0.5, 0.6) is 5.88 Å². The van der Waals surface area contributed by atoms with Gasteiger partial charge in [0.15, 0.2) is 0 Å². The first-order chi connectivity index (χ1) is 13.0. The third-order valence-corrected chi connectivity index (χ3v) is 5.45. The first-order valence-electron chi connectivity index (χ1n) is 10.1. The van der Waals surface area contributed by atoms with E-state index in [2.05, 4.69) is 10.4 Å². The number of carbonyl (C=O) groups is 1. The maximum Gasteiger partial charge on any atom is 0.502 e. The van der Waals surface area contributed by atoms with Gasteiger partial charge in [-0.15, -0.1) is 0 Å². The van der Waals surface area contributed by atoms with Crippen molar-refractivity contribution < 1.29 is 23.6 Å². The average molecular weight is 409 g/mol. The van der Waals surface area contributed by atoms with E-state index in [0.717, 1.165) is 11.2 Å². The van der Waals surface area contributed by atoms with Crippen LogP contribution in [0.15, 0.2) is 0 Å². The van der Waals surface area contributed by atoms with Gasteiger partial charge in [0.2, 0.25) is 5.88 Å². The van der Waals surface area contributed by atoms with Crippen LogP contribution in [0.3, 0.4) is 0 Å². The number of ether oxygens (including phenoxy) is 2. The summed E-state index contributed by atoms with van der Waals surface area (Å²) in [5.41, 5.74) is 0.0585. The second kappa shape index (κ2) is 7.83. The van der Waals surface area contributed by atoms with Crippen molar-refractivity contribution in [1.82, 2.24) is 15.1 Å². The molecule has 1 amide bonds. The van der Waals surface area contributed by atoms with Crippen LogP contribution >= 0.6 is 0 Å². The summed E-state index contributed by atoms with van der Waals surface area (Å²) in [5, 5.41) is 7.31. The van der Waals surface area contributed by atoms with Crippen LogP contribution in [0.2, 0.25) is 0 Å². The molecule has 0 spiro atoms. The van der Waals surface area contributed by atoms with E-state index >= 15 is 0 Å². The van der Waals surface area contributed by atoms with Gasteiger partial charge in [0.25, 0.3) is 0 Å². The first kappa shape index (κ1) is 23.5. The summed E-state index contributed by atoms with van der Waals surface area (Å²) in [6, 6.07) is -0.286. The van der Waals surface area contributed by atoms with Crippen molar-refractivity contribution in [3.8, 4) is 5.88 Å². The van der Waals surface area contributed by atoms with Crippen molar-refractivity contribution in [1.29, 1.82) is 0 Å². The Morgan fingerprint density at radius 2 is 1.69 bits per heavy atom. The summed E-state index contributed by atoms with van der Waals surface area (Å²) in [5.74, 6) is 0.561. The van der Waals surface area contributed by atoms with Crippen molar-refractivity contribution in [2.45, 2.75) is 98.2 Å². The zero-order valence-corrected chi connectivity index (χ0v) is 19.7. The summed E-state index contributed by atoms with van der Waals surface area (Å²) in [7, 11) is 1.24. The van der Waals surface area contributed by atoms with Gasteiger partial charge in [-0.1, -0.05) is 0 Å². The molecule has 1 fully saturated rings. The van der Waals surface area contributed by atoms with E-state index in [-0.39, 0.29) is 12.1 Å². The largest absolute Gasteiger partial charge is 0.502 e. The lowest BCUT2D eigenvalue weighted by Gasteiger charge is -2.32. The Morgan fingerprint density at radius 3 is 2.17 bits per heavy atom. The number of aromatic nitrogens is 2. The molecule has 1 aromatic heterocycles. The fraction of sp³-hybridized carbons (Fsp3) is 0.800. The molecular formula is C20H36BN3O5. The number of hydrogen-bond acceptors (Lipinski definition) is 6. The summed E-state index contributed by atoms with van der Waals surface area (Å²) >= 11 is 0. The van der Waals surface area contributed by atoms with E-state index < -0.39 is 30.0 Å². The summed E-state index contributed by atoms with van der Waals surface area (Å²) in [4.78, 5) is 12.1. The predicted octanol–water partition coefficient (Wildman–Crippen LogP) is 2.71. The quantitative estimate of drug-likeness (QED) is 0.753. The minimum atomic E-state index is -0.579. The predicted molar refractivity (Wildman–Crippen MR) is 113 cm³/mol. The minimum Gasteiger partial charge on any atom is -0.473 e. The SMILES string of the molecule is Cc1nn(C)c(OC(C)[C@@H](C)NC(=O)OC(C)(C)C)c1B1OC(C)(C)C(C)(C)O1. The van der Waals surface area contributed by atoms with E-state index in [1.54, 1.807) is 4.68 Å². The van der Waals surface area contributed by atoms with E-state index in [4.69, 9.17) is 18.8 Å². The van der Waals surface area contributed by atoms with Crippen molar-refractivity contribution in [3.63, 3.8) is 0 Å². The fourth-order valence-electron chi connectivity index (χ4n) is 2.91. The standard InChI is InChI=1S/C20H36BN3O5/c1-12(22-17(25)27-18(4,5)6)14(3)26-16-15(13(2)23-24(16)11)21-28-19(7,8)20(9,10)29-21/h12,14H,1-11H3,(H,22,25)/t12-,14?/m1/s1. The van der Waals surface area contributed by atoms with E-state index in [9.17, 15) is 4.79 Å². The number of amides is 1. The van der Waals surface area contributed by atoms with Gasteiger partial charge in [0.05, 0.1) is 28.4 Å². The maximum atomic E-state index is 12.1. The van der Waals surface area contributed by atoms with Gasteiger partial charge >= 0.3 is 13.2 Å². The number of carbonyl (C=O) groups excluding carboxylic acids is 1. The molecule has 1 aliphatic rings. The Morgan fingerprint density at radius 1 is 1.17 bits per heavy atom. The van der Waals surface area contributed by atoms with Gasteiger partial charge in [-0.2, -0.15) is 5.10 Å². The van der Waals surface area contributed by atoms with Crippen LogP contribution in [0.4, 0.5) is 4.79 Å². The lowest BCUT2D eigenvalue weighted by atomic mass is 9.79. The maximum absolute atomic E-state index is 12.1. The summed E-state index contributed by atoms with van der Waals surface area (Å²) in [6.07, 6.45) is -0.814. The third-order valence-electron chi connectivity index (χ3n) is 5.45. The molecule has 0 bridgehead atoms. The van der Waals surface area contributed by atoms with Crippen LogP contribution in [0, 0.1) is 6.92 Å². The molecule has 0 aliphatic carbocycles. The van der Waals surface area contributed by atoms with Crippen molar-refractivity contribution in [2.75, 3.05) is 0 Å². The highest BCUT2D eigenvalue weighted by Crippen LogP contribution is 2.37. The summed E-state index contributed by atoms with van der Waals surface area (Å²) in [6.45, 7) is 19.2. The molecule has 0 aromatic carbocycles. The summed E-state index contributed by atoms with van der Waals surface area (Å²) < 4.78 is 25.6. The zero-order chi connectivity index (χ0) is 22.4. The molecule has 0 saturated carbocycles. The topological polar surface area (TPSA) is 83.8 Å². The highest BCUT2D eigenvalue weighted by atomic mass is 16.7.